The van der Waals surface area contributed by atoms with Gasteiger partial charge in [0.2, 0.25) is 5.95 Å². The molecule has 0 spiro atoms. The third kappa shape index (κ3) is 4.32. The lowest BCUT2D eigenvalue weighted by atomic mass is 9.75. The number of ketones is 1. The number of hydrogen-bond acceptors (Lipinski definition) is 5. The number of halogens is 1. The van der Waals surface area contributed by atoms with E-state index in [0.717, 1.165) is 17.8 Å². The van der Waals surface area contributed by atoms with E-state index in [0.29, 0.717) is 35.9 Å². The first-order chi connectivity index (χ1) is 14.3. The number of Topliss-reactive ketones (excluding diaryl/α,β-unsaturated/α-hetero) is 1. The Balaban J connectivity index is 1.74. The van der Waals surface area contributed by atoms with Crippen LogP contribution in [0.3, 0.4) is 0 Å². The normalized spacial score (nSPS) is 14.9. The number of rotatable bonds is 5. The first kappa shape index (κ1) is 20.0. The topological polar surface area (TPSA) is 66.9 Å². The summed E-state index contributed by atoms with van der Waals surface area (Å²) in [6.45, 7) is 6.25. The third-order valence-electron chi connectivity index (χ3n) is 5.27. The van der Waals surface area contributed by atoms with E-state index in [1.165, 1.54) is 17.7 Å². The zero-order valence-electron chi connectivity index (χ0n) is 17.4. The SMILES string of the molecule is CCc1ccc(Nc2nc(Nc3ccc(F)cc3)nc3c2C(=O)CC(C)(C)C3)cc1. The fraction of sp³-hybridized carbons (Fsp3) is 0.292. The lowest BCUT2D eigenvalue weighted by Crippen LogP contribution is -2.29. The zero-order chi connectivity index (χ0) is 21.3. The molecule has 0 radical (unpaired) electrons. The minimum atomic E-state index is -0.308. The van der Waals surface area contributed by atoms with Gasteiger partial charge in [-0.25, -0.2) is 9.37 Å². The standard InChI is InChI=1S/C24H25FN4O/c1-4-15-5-9-17(10-6-15)26-22-21-19(13-24(2,3)14-20(21)30)28-23(29-22)27-18-11-7-16(25)8-12-18/h5-12H,4,13-14H2,1-3H3,(H2,26,27,28,29). The van der Waals surface area contributed by atoms with E-state index in [9.17, 15) is 9.18 Å². The van der Waals surface area contributed by atoms with Crippen molar-refractivity contribution < 1.29 is 9.18 Å². The van der Waals surface area contributed by atoms with Gasteiger partial charge in [-0.3, -0.25) is 4.79 Å². The summed E-state index contributed by atoms with van der Waals surface area (Å²) in [6.07, 6.45) is 2.10. The Bertz CT molecular complexity index is 1080. The first-order valence-electron chi connectivity index (χ1n) is 10.2. The second-order valence-corrected chi connectivity index (χ2v) is 8.47. The molecule has 1 aliphatic carbocycles. The predicted molar refractivity (Wildman–Crippen MR) is 117 cm³/mol. The van der Waals surface area contributed by atoms with Crippen molar-refractivity contribution in [1.82, 2.24) is 9.97 Å². The second kappa shape index (κ2) is 7.86. The number of fused-ring (bicyclic) bond motifs is 1. The minimum Gasteiger partial charge on any atom is -0.339 e. The van der Waals surface area contributed by atoms with E-state index in [4.69, 9.17) is 0 Å². The van der Waals surface area contributed by atoms with Crippen LogP contribution in [0.15, 0.2) is 48.5 Å². The van der Waals surface area contributed by atoms with Gasteiger partial charge in [-0.1, -0.05) is 32.9 Å². The van der Waals surface area contributed by atoms with Crippen LogP contribution in [-0.2, 0) is 12.8 Å². The maximum absolute atomic E-state index is 13.2. The summed E-state index contributed by atoms with van der Waals surface area (Å²) in [6, 6.07) is 14.1. The molecule has 4 rings (SSSR count). The quantitative estimate of drug-likeness (QED) is 0.561. The van der Waals surface area contributed by atoms with Crippen LogP contribution < -0.4 is 10.6 Å². The van der Waals surface area contributed by atoms with E-state index in [2.05, 4.69) is 53.5 Å². The van der Waals surface area contributed by atoms with Crippen molar-refractivity contribution >= 4 is 28.9 Å². The highest BCUT2D eigenvalue weighted by molar-refractivity contribution is 6.03. The average molecular weight is 404 g/mol. The monoisotopic (exact) mass is 404 g/mol. The fourth-order valence-corrected chi connectivity index (χ4v) is 3.74. The highest BCUT2D eigenvalue weighted by atomic mass is 19.1. The molecule has 2 aromatic carbocycles. The van der Waals surface area contributed by atoms with Crippen molar-refractivity contribution in [2.24, 2.45) is 5.41 Å². The van der Waals surface area contributed by atoms with Gasteiger partial charge in [0.25, 0.3) is 0 Å². The van der Waals surface area contributed by atoms with Crippen LogP contribution in [0.4, 0.5) is 27.5 Å². The minimum absolute atomic E-state index is 0.0438. The van der Waals surface area contributed by atoms with E-state index in [-0.39, 0.29) is 17.0 Å². The Morgan fingerprint density at radius 3 is 2.23 bits per heavy atom. The van der Waals surface area contributed by atoms with Crippen molar-refractivity contribution in [2.45, 2.75) is 40.0 Å². The summed E-state index contributed by atoms with van der Waals surface area (Å²) >= 11 is 0. The van der Waals surface area contributed by atoms with Gasteiger partial charge in [-0.05, 0) is 60.2 Å². The molecule has 154 valence electrons. The number of benzene rings is 2. The van der Waals surface area contributed by atoms with Crippen molar-refractivity contribution in [1.29, 1.82) is 0 Å². The fourth-order valence-electron chi connectivity index (χ4n) is 3.74. The second-order valence-electron chi connectivity index (χ2n) is 8.47. The van der Waals surface area contributed by atoms with E-state index >= 15 is 0 Å². The summed E-state index contributed by atoms with van der Waals surface area (Å²) in [7, 11) is 0. The van der Waals surface area contributed by atoms with Gasteiger partial charge in [-0.15, -0.1) is 0 Å². The molecule has 0 aliphatic heterocycles. The summed E-state index contributed by atoms with van der Waals surface area (Å²) in [4.78, 5) is 22.2. The Kier molecular flexibility index (Phi) is 5.24. The van der Waals surface area contributed by atoms with Gasteiger partial charge in [0.05, 0.1) is 11.3 Å². The molecule has 0 saturated carbocycles. The van der Waals surface area contributed by atoms with E-state index < -0.39 is 0 Å². The van der Waals surface area contributed by atoms with E-state index in [1.807, 2.05) is 12.1 Å². The summed E-state index contributed by atoms with van der Waals surface area (Å²) < 4.78 is 13.2. The van der Waals surface area contributed by atoms with E-state index in [1.54, 1.807) is 12.1 Å². The Hall–Kier alpha value is -3.28. The number of anilines is 4. The lowest BCUT2D eigenvalue weighted by Gasteiger charge is -2.30. The molecule has 0 fully saturated rings. The largest absolute Gasteiger partial charge is 0.339 e. The van der Waals surface area contributed by atoms with Crippen LogP contribution in [0, 0.1) is 11.2 Å². The number of aryl methyl sites for hydroxylation is 1. The highest BCUT2D eigenvalue weighted by Gasteiger charge is 2.35. The van der Waals surface area contributed by atoms with Gasteiger partial charge in [0, 0.05) is 17.8 Å². The molecule has 0 unspecified atom stereocenters. The molecular weight excluding hydrogens is 379 g/mol. The predicted octanol–water partition coefficient (Wildman–Crippen LogP) is 5.82. The molecule has 1 aromatic heterocycles. The molecule has 1 aliphatic rings. The number of nitrogens with zero attached hydrogens (tertiary/aromatic N) is 2. The first-order valence-corrected chi connectivity index (χ1v) is 10.2. The summed E-state index contributed by atoms with van der Waals surface area (Å²) in [5, 5.41) is 6.43. The van der Waals surface area contributed by atoms with Crippen LogP contribution in [0.5, 0.6) is 0 Å². The smallest absolute Gasteiger partial charge is 0.229 e. The van der Waals surface area contributed by atoms with Crippen molar-refractivity contribution in [3.05, 3.63) is 71.2 Å². The summed E-state index contributed by atoms with van der Waals surface area (Å²) in [5.74, 6) is 0.604. The molecule has 0 atom stereocenters. The van der Waals surface area contributed by atoms with Crippen LogP contribution >= 0.6 is 0 Å². The molecule has 0 saturated heterocycles. The van der Waals surface area contributed by atoms with Gasteiger partial charge >= 0.3 is 0 Å². The molecule has 1 heterocycles. The van der Waals surface area contributed by atoms with Gasteiger partial charge < -0.3 is 10.6 Å². The number of nitrogens with one attached hydrogen (secondary N) is 2. The Labute approximate surface area is 175 Å². The molecule has 6 heteroatoms. The Morgan fingerprint density at radius 2 is 1.57 bits per heavy atom. The molecular formula is C24H25FN4O. The molecule has 0 amide bonds. The zero-order valence-corrected chi connectivity index (χ0v) is 17.4. The third-order valence-corrected chi connectivity index (χ3v) is 5.27. The molecule has 5 nitrogen and oxygen atoms in total. The summed E-state index contributed by atoms with van der Waals surface area (Å²) in [5.41, 5.74) is 3.89. The number of carbonyl (C=O) groups excluding carboxylic acids is 1. The van der Waals surface area contributed by atoms with Crippen LogP contribution in [0.2, 0.25) is 0 Å². The van der Waals surface area contributed by atoms with Crippen molar-refractivity contribution in [2.75, 3.05) is 10.6 Å². The average Bonchev–Trinajstić information content (AvgIpc) is 2.69. The number of carbonyl (C=O) groups is 1. The van der Waals surface area contributed by atoms with Crippen LogP contribution in [0.1, 0.15) is 48.8 Å². The molecule has 0 bridgehead atoms. The number of aromatic nitrogens is 2. The lowest BCUT2D eigenvalue weighted by molar-refractivity contribution is 0.0911. The van der Waals surface area contributed by atoms with Crippen LogP contribution in [-0.4, -0.2) is 15.8 Å². The van der Waals surface area contributed by atoms with Crippen molar-refractivity contribution in [3.63, 3.8) is 0 Å². The number of hydrogen-bond donors (Lipinski definition) is 2. The van der Waals surface area contributed by atoms with Gasteiger partial charge in [0.15, 0.2) is 5.78 Å². The van der Waals surface area contributed by atoms with Crippen LogP contribution in [0.25, 0.3) is 0 Å². The molecule has 30 heavy (non-hydrogen) atoms. The highest BCUT2D eigenvalue weighted by Crippen LogP contribution is 2.37. The maximum atomic E-state index is 13.2. The van der Waals surface area contributed by atoms with Gasteiger partial charge in [-0.2, -0.15) is 4.98 Å². The van der Waals surface area contributed by atoms with Gasteiger partial charge in [0.1, 0.15) is 11.6 Å². The molecule has 2 N–H and O–H groups in total. The van der Waals surface area contributed by atoms with Crippen molar-refractivity contribution in [3.8, 4) is 0 Å². The Morgan fingerprint density at radius 1 is 0.933 bits per heavy atom. The molecule has 3 aromatic rings. The maximum Gasteiger partial charge on any atom is 0.229 e.